The number of hydrogen-bond acceptors (Lipinski definition) is 6. The molecule has 0 bridgehead atoms. The highest BCUT2D eigenvalue weighted by Crippen LogP contribution is 2.01. The third kappa shape index (κ3) is 12.7. The molecular weight excluding hydrogens is 292 g/mol. The molecule has 2 N–H and O–H groups in total. The van der Waals surface area contributed by atoms with Gasteiger partial charge in [0.15, 0.2) is 0 Å². The Morgan fingerprint density at radius 1 is 1.05 bits per heavy atom. The molecule has 0 saturated carbocycles. The summed E-state index contributed by atoms with van der Waals surface area (Å²) >= 11 is 0. The SMILES string of the molecule is CS(C)=O.O=S(=O)(O)CCN1CCN(CCO)CC1. The molecule has 1 saturated heterocycles. The van der Waals surface area contributed by atoms with Gasteiger partial charge in [-0.1, -0.05) is 0 Å². The second-order valence-corrected chi connectivity index (χ2v) is 7.49. The maximum atomic E-state index is 10.5. The minimum Gasteiger partial charge on any atom is -0.395 e. The second kappa shape index (κ2) is 9.78. The number of aliphatic hydroxyl groups is 1. The van der Waals surface area contributed by atoms with Crippen LogP contribution in [0, 0.1) is 0 Å². The summed E-state index contributed by atoms with van der Waals surface area (Å²) in [6.07, 6.45) is 3.28. The number of rotatable bonds is 5. The molecule has 1 heterocycles. The Balaban J connectivity index is 0.000000711. The maximum absolute atomic E-state index is 10.5. The Hall–Kier alpha value is -0.0600. The molecule has 9 heteroatoms. The van der Waals surface area contributed by atoms with E-state index >= 15 is 0 Å². The van der Waals surface area contributed by atoms with Crippen molar-refractivity contribution in [1.29, 1.82) is 0 Å². The fourth-order valence-corrected chi connectivity index (χ4v) is 2.11. The fourth-order valence-electron chi connectivity index (χ4n) is 1.62. The minimum atomic E-state index is -3.84. The number of β-amino-alcohol motifs (C(OH)–C–C–N with tert-alkyl or cyclic N) is 1. The first-order valence-corrected chi connectivity index (χ1v) is 9.58. The average molecular weight is 316 g/mol. The highest BCUT2D eigenvalue weighted by Gasteiger charge is 2.17. The summed E-state index contributed by atoms with van der Waals surface area (Å²) < 4.78 is 39.2. The van der Waals surface area contributed by atoms with E-state index < -0.39 is 20.9 Å². The van der Waals surface area contributed by atoms with Crippen molar-refractivity contribution in [2.24, 2.45) is 0 Å². The molecule has 116 valence electrons. The molecule has 7 nitrogen and oxygen atoms in total. The lowest BCUT2D eigenvalue weighted by atomic mass is 10.3. The molecule has 1 rings (SSSR count). The molecule has 0 spiro atoms. The van der Waals surface area contributed by atoms with E-state index in [9.17, 15) is 12.6 Å². The van der Waals surface area contributed by atoms with Gasteiger partial charge in [0.1, 0.15) is 0 Å². The van der Waals surface area contributed by atoms with Gasteiger partial charge in [0.2, 0.25) is 0 Å². The van der Waals surface area contributed by atoms with Crippen molar-refractivity contribution in [3.8, 4) is 0 Å². The first-order chi connectivity index (χ1) is 8.74. The van der Waals surface area contributed by atoms with Crippen LogP contribution in [0.5, 0.6) is 0 Å². The summed E-state index contributed by atoms with van der Waals surface area (Å²) in [6, 6.07) is 0. The lowest BCUT2D eigenvalue weighted by molar-refractivity contribution is 0.116. The largest absolute Gasteiger partial charge is 0.395 e. The molecule has 0 aromatic carbocycles. The van der Waals surface area contributed by atoms with Gasteiger partial charge in [0.25, 0.3) is 10.1 Å². The first kappa shape index (κ1) is 18.9. The molecule has 1 aliphatic rings. The highest BCUT2D eigenvalue weighted by atomic mass is 32.2. The predicted octanol–water partition coefficient (Wildman–Crippen LogP) is -1.52. The molecule has 0 aromatic rings. The summed E-state index contributed by atoms with van der Waals surface area (Å²) in [5.41, 5.74) is 0. The van der Waals surface area contributed by atoms with E-state index in [-0.39, 0.29) is 12.4 Å². The summed E-state index contributed by atoms with van der Waals surface area (Å²) in [6.45, 7) is 4.46. The van der Waals surface area contributed by atoms with Crippen LogP contribution in [0.3, 0.4) is 0 Å². The third-order valence-electron chi connectivity index (χ3n) is 2.55. The van der Waals surface area contributed by atoms with Crippen LogP contribution in [0.15, 0.2) is 0 Å². The molecule has 0 atom stereocenters. The van der Waals surface area contributed by atoms with E-state index in [0.29, 0.717) is 13.1 Å². The van der Waals surface area contributed by atoms with E-state index in [1.807, 2.05) is 4.90 Å². The lowest BCUT2D eigenvalue weighted by Crippen LogP contribution is -2.48. The van der Waals surface area contributed by atoms with Gasteiger partial charge in [-0.2, -0.15) is 8.42 Å². The van der Waals surface area contributed by atoms with Gasteiger partial charge in [-0.25, -0.2) is 0 Å². The van der Waals surface area contributed by atoms with Crippen molar-refractivity contribution in [2.45, 2.75) is 0 Å². The van der Waals surface area contributed by atoms with E-state index in [2.05, 4.69) is 4.90 Å². The van der Waals surface area contributed by atoms with E-state index in [1.54, 1.807) is 12.5 Å². The Morgan fingerprint density at radius 3 is 1.74 bits per heavy atom. The molecule has 0 aromatic heterocycles. The van der Waals surface area contributed by atoms with Crippen LogP contribution >= 0.6 is 0 Å². The molecule has 0 amide bonds. The minimum absolute atomic E-state index is 0.158. The standard InChI is InChI=1S/C8H18N2O4S.C2H6OS/c11-7-5-9-1-3-10(4-2-9)6-8-15(12,13)14;1-4(2)3/h11H,1-8H2,(H,12,13,14);1-2H3. The van der Waals surface area contributed by atoms with Crippen molar-refractivity contribution in [1.82, 2.24) is 9.80 Å². The van der Waals surface area contributed by atoms with Crippen LogP contribution in [-0.4, -0.2) is 96.2 Å². The van der Waals surface area contributed by atoms with Crippen molar-refractivity contribution in [3.05, 3.63) is 0 Å². The molecule has 0 aliphatic carbocycles. The average Bonchev–Trinajstić information content (AvgIpc) is 2.27. The van der Waals surface area contributed by atoms with Crippen molar-refractivity contribution >= 4 is 20.9 Å². The van der Waals surface area contributed by atoms with Crippen LogP contribution in [0.1, 0.15) is 0 Å². The van der Waals surface area contributed by atoms with E-state index in [1.165, 1.54) is 0 Å². The van der Waals surface area contributed by atoms with Gasteiger partial charge in [-0.3, -0.25) is 18.6 Å². The van der Waals surface area contributed by atoms with Crippen LogP contribution in [-0.2, 0) is 20.9 Å². The van der Waals surface area contributed by atoms with Crippen molar-refractivity contribution in [2.75, 3.05) is 64.1 Å². The van der Waals surface area contributed by atoms with Crippen LogP contribution in [0.25, 0.3) is 0 Å². The molecule has 0 radical (unpaired) electrons. The molecular formula is C10H24N2O5S2. The van der Waals surface area contributed by atoms with Gasteiger partial charge < -0.3 is 5.11 Å². The van der Waals surface area contributed by atoms with Crippen LogP contribution in [0.4, 0.5) is 0 Å². The zero-order valence-corrected chi connectivity index (χ0v) is 13.1. The van der Waals surface area contributed by atoms with Gasteiger partial charge in [0.05, 0.1) is 12.4 Å². The monoisotopic (exact) mass is 316 g/mol. The topological polar surface area (TPSA) is 98.1 Å². The smallest absolute Gasteiger partial charge is 0.266 e. The van der Waals surface area contributed by atoms with Gasteiger partial charge >= 0.3 is 0 Å². The normalized spacial score (nSPS) is 18.2. The van der Waals surface area contributed by atoms with Gasteiger partial charge in [-0.05, 0) is 0 Å². The number of hydrogen-bond donors (Lipinski definition) is 2. The summed E-state index contributed by atoms with van der Waals surface area (Å²) in [4.78, 5) is 4.13. The molecule has 1 fully saturated rings. The maximum Gasteiger partial charge on any atom is 0.266 e. The van der Waals surface area contributed by atoms with E-state index in [4.69, 9.17) is 9.66 Å². The molecule has 19 heavy (non-hydrogen) atoms. The van der Waals surface area contributed by atoms with Crippen molar-refractivity contribution < 1.29 is 22.3 Å². The second-order valence-electron chi connectivity index (χ2n) is 4.43. The molecule has 1 aliphatic heterocycles. The molecule has 0 unspecified atom stereocenters. The first-order valence-electron chi connectivity index (χ1n) is 6.00. The summed E-state index contributed by atoms with van der Waals surface area (Å²) in [7, 11) is -4.45. The Morgan fingerprint density at radius 2 is 1.42 bits per heavy atom. The zero-order chi connectivity index (χ0) is 14.9. The number of nitrogens with zero attached hydrogens (tertiary/aromatic N) is 2. The van der Waals surface area contributed by atoms with Gasteiger partial charge in [0, 0.05) is 62.6 Å². The Bertz CT molecular complexity index is 349. The van der Waals surface area contributed by atoms with E-state index in [0.717, 1.165) is 26.2 Å². The van der Waals surface area contributed by atoms with Crippen LogP contribution in [0.2, 0.25) is 0 Å². The summed E-state index contributed by atoms with van der Waals surface area (Å²) in [5, 5.41) is 8.73. The summed E-state index contributed by atoms with van der Waals surface area (Å²) in [5.74, 6) is -0.201. The van der Waals surface area contributed by atoms with Crippen LogP contribution < -0.4 is 0 Å². The third-order valence-corrected chi connectivity index (χ3v) is 3.25. The number of piperazine rings is 1. The van der Waals surface area contributed by atoms with Gasteiger partial charge in [-0.15, -0.1) is 0 Å². The lowest BCUT2D eigenvalue weighted by Gasteiger charge is -2.33. The Kier molecular flexibility index (Phi) is 9.75. The fraction of sp³-hybridized carbons (Fsp3) is 1.00. The highest BCUT2D eigenvalue weighted by molar-refractivity contribution is 7.85. The Labute approximate surface area is 117 Å². The zero-order valence-electron chi connectivity index (χ0n) is 11.5. The quantitative estimate of drug-likeness (QED) is 0.594. The van der Waals surface area contributed by atoms with Crippen molar-refractivity contribution in [3.63, 3.8) is 0 Å². The predicted molar refractivity (Wildman–Crippen MR) is 76.4 cm³/mol. The number of aliphatic hydroxyl groups excluding tert-OH is 1.